The number of aromatic amines is 1. The number of imidazole rings is 1. The molecular weight excluding hydrogens is 258 g/mol. The maximum atomic E-state index is 4.43. The average molecular weight is 279 g/mol. The summed E-state index contributed by atoms with van der Waals surface area (Å²) in [4.78, 5) is 7.70. The summed E-state index contributed by atoms with van der Waals surface area (Å²) in [6.07, 6.45) is 2.21. The fourth-order valence-corrected chi connectivity index (χ4v) is 2.61. The minimum Gasteiger partial charge on any atom is -0.383 e. The van der Waals surface area contributed by atoms with Gasteiger partial charge in [0.05, 0.1) is 11.0 Å². The minimum absolute atomic E-state index is 0.437. The first-order valence-corrected chi connectivity index (χ1v) is 7.47. The molecule has 0 amide bonds. The van der Waals surface area contributed by atoms with E-state index < -0.39 is 0 Å². The Labute approximate surface area is 125 Å². The third-order valence-electron chi connectivity index (χ3n) is 3.72. The molecule has 1 unspecified atom stereocenters. The normalized spacial score (nSPS) is 12.5. The number of rotatable bonds is 5. The van der Waals surface area contributed by atoms with Gasteiger partial charge in [0.15, 0.2) is 0 Å². The lowest BCUT2D eigenvalue weighted by Crippen LogP contribution is -2.15. The van der Waals surface area contributed by atoms with Crippen LogP contribution in [0.4, 0.5) is 5.69 Å². The summed E-state index contributed by atoms with van der Waals surface area (Å²) in [5.74, 6) is 0.958. The van der Waals surface area contributed by atoms with Crippen molar-refractivity contribution in [2.45, 2.75) is 32.7 Å². The van der Waals surface area contributed by atoms with Gasteiger partial charge >= 0.3 is 0 Å². The van der Waals surface area contributed by atoms with Gasteiger partial charge in [-0.3, -0.25) is 0 Å². The number of nitrogens with zero attached hydrogens (tertiary/aromatic N) is 1. The van der Waals surface area contributed by atoms with E-state index in [9.17, 15) is 0 Å². The molecule has 0 saturated heterocycles. The zero-order valence-corrected chi connectivity index (χ0v) is 12.6. The van der Waals surface area contributed by atoms with E-state index in [2.05, 4.69) is 70.7 Å². The maximum Gasteiger partial charge on any atom is 0.104 e. The first kappa shape index (κ1) is 13.7. The highest BCUT2D eigenvalue weighted by atomic mass is 14.9. The number of anilines is 1. The molecule has 0 radical (unpaired) electrons. The van der Waals surface area contributed by atoms with Crippen molar-refractivity contribution in [3.8, 4) is 0 Å². The minimum atomic E-state index is 0.437. The Hall–Kier alpha value is -2.29. The zero-order valence-electron chi connectivity index (χ0n) is 12.6. The zero-order chi connectivity index (χ0) is 14.7. The largest absolute Gasteiger partial charge is 0.383 e. The van der Waals surface area contributed by atoms with Crippen LogP contribution < -0.4 is 5.32 Å². The maximum absolute atomic E-state index is 4.43. The van der Waals surface area contributed by atoms with Crippen molar-refractivity contribution in [2.75, 3.05) is 5.32 Å². The second-order valence-electron chi connectivity index (χ2n) is 5.62. The number of nitrogens with one attached hydrogen (secondary N) is 2. The van der Waals surface area contributed by atoms with Crippen molar-refractivity contribution in [3.05, 3.63) is 59.9 Å². The molecule has 2 N–H and O–H groups in total. The van der Waals surface area contributed by atoms with Crippen LogP contribution in [0.15, 0.2) is 48.5 Å². The van der Waals surface area contributed by atoms with E-state index >= 15 is 0 Å². The lowest BCUT2D eigenvalue weighted by atomic mass is 10.1. The molecule has 0 aliphatic rings. The second-order valence-corrected chi connectivity index (χ2v) is 5.62. The van der Waals surface area contributed by atoms with Gasteiger partial charge in [-0.1, -0.05) is 30.3 Å². The predicted octanol–water partition coefficient (Wildman–Crippen LogP) is 4.30. The quantitative estimate of drug-likeness (QED) is 0.731. The molecule has 0 aliphatic heterocycles. The number of hydrogen-bond acceptors (Lipinski definition) is 2. The van der Waals surface area contributed by atoms with Gasteiger partial charge in [0.2, 0.25) is 0 Å². The number of benzene rings is 2. The van der Waals surface area contributed by atoms with Gasteiger partial charge in [-0.2, -0.15) is 0 Å². The van der Waals surface area contributed by atoms with Crippen molar-refractivity contribution in [2.24, 2.45) is 0 Å². The van der Waals surface area contributed by atoms with Crippen LogP contribution in [0.3, 0.4) is 0 Å². The van der Waals surface area contributed by atoms with Gasteiger partial charge in [-0.25, -0.2) is 4.98 Å². The fourth-order valence-electron chi connectivity index (χ4n) is 2.61. The van der Waals surface area contributed by atoms with E-state index in [4.69, 9.17) is 0 Å². The summed E-state index contributed by atoms with van der Waals surface area (Å²) in [7, 11) is 0. The van der Waals surface area contributed by atoms with Crippen LogP contribution in [-0.2, 0) is 6.42 Å². The molecule has 1 heterocycles. The molecule has 0 saturated carbocycles. The highest BCUT2D eigenvalue weighted by molar-refractivity contribution is 5.79. The predicted molar refractivity (Wildman–Crippen MR) is 88.7 cm³/mol. The Morgan fingerprint density at radius 2 is 1.95 bits per heavy atom. The molecule has 108 valence electrons. The van der Waals surface area contributed by atoms with Gasteiger partial charge < -0.3 is 10.3 Å². The topological polar surface area (TPSA) is 40.7 Å². The molecule has 21 heavy (non-hydrogen) atoms. The lowest BCUT2D eigenvalue weighted by molar-refractivity contribution is 0.706. The lowest BCUT2D eigenvalue weighted by Gasteiger charge is -2.15. The first-order chi connectivity index (χ1) is 10.2. The Morgan fingerprint density at radius 3 is 2.76 bits per heavy atom. The van der Waals surface area contributed by atoms with Crippen LogP contribution in [0, 0.1) is 6.92 Å². The fraction of sp³-hybridized carbons (Fsp3) is 0.278. The first-order valence-electron chi connectivity index (χ1n) is 7.47. The molecule has 0 fully saturated rings. The van der Waals surface area contributed by atoms with Gasteiger partial charge in [-0.05, 0) is 50.5 Å². The van der Waals surface area contributed by atoms with Gasteiger partial charge in [0.25, 0.3) is 0 Å². The molecule has 3 nitrogen and oxygen atoms in total. The Balaban J connectivity index is 1.61. The van der Waals surface area contributed by atoms with Crippen molar-refractivity contribution >= 4 is 16.7 Å². The van der Waals surface area contributed by atoms with Crippen molar-refractivity contribution < 1.29 is 0 Å². The van der Waals surface area contributed by atoms with Crippen molar-refractivity contribution in [3.63, 3.8) is 0 Å². The summed E-state index contributed by atoms with van der Waals surface area (Å²) in [5, 5.41) is 3.57. The van der Waals surface area contributed by atoms with E-state index in [1.165, 1.54) is 5.56 Å². The van der Waals surface area contributed by atoms with E-state index in [-0.39, 0.29) is 0 Å². The van der Waals surface area contributed by atoms with Gasteiger partial charge in [0, 0.05) is 11.7 Å². The summed E-state index contributed by atoms with van der Waals surface area (Å²) >= 11 is 0. The van der Waals surface area contributed by atoms with Crippen LogP contribution in [0.2, 0.25) is 0 Å². The SMILES string of the molecule is Cc1nc2ccc(NC(C)CCc3ccccc3)cc2[nH]1. The second kappa shape index (κ2) is 6.00. The standard InChI is InChI=1S/C18H21N3/c1-13(8-9-15-6-4-3-5-7-15)19-16-10-11-17-18(12-16)21-14(2)20-17/h3-7,10-13,19H,8-9H2,1-2H3,(H,20,21). The highest BCUT2D eigenvalue weighted by Gasteiger charge is 2.05. The molecule has 2 aromatic carbocycles. The molecule has 0 aliphatic carbocycles. The van der Waals surface area contributed by atoms with E-state index in [0.29, 0.717) is 6.04 Å². The average Bonchev–Trinajstić information content (AvgIpc) is 2.85. The third kappa shape index (κ3) is 3.43. The van der Waals surface area contributed by atoms with Crippen molar-refractivity contribution in [1.82, 2.24) is 9.97 Å². The van der Waals surface area contributed by atoms with Gasteiger partial charge in [-0.15, -0.1) is 0 Å². The molecule has 1 aromatic heterocycles. The van der Waals surface area contributed by atoms with E-state index in [1.54, 1.807) is 0 Å². The van der Waals surface area contributed by atoms with Gasteiger partial charge in [0.1, 0.15) is 5.82 Å². The van der Waals surface area contributed by atoms with E-state index in [1.807, 2.05) is 6.92 Å². The molecule has 3 heteroatoms. The Bertz CT molecular complexity index is 716. The van der Waals surface area contributed by atoms with Crippen LogP contribution >= 0.6 is 0 Å². The van der Waals surface area contributed by atoms with Crippen LogP contribution in [-0.4, -0.2) is 16.0 Å². The smallest absolute Gasteiger partial charge is 0.104 e. The molecular formula is C18H21N3. The summed E-state index contributed by atoms with van der Waals surface area (Å²) < 4.78 is 0. The Kier molecular flexibility index (Phi) is 3.91. The van der Waals surface area contributed by atoms with Crippen molar-refractivity contribution in [1.29, 1.82) is 0 Å². The number of fused-ring (bicyclic) bond motifs is 1. The number of H-pyrrole nitrogens is 1. The molecule has 3 aromatic rings. The number of aryl methyl sites for hydroxylation is 2. The summed E-state index contributed by atoms with van der Waals surface area (Å²) in [6.45, 7) is 4.21. The number of hydrogen-bond donors (Lipinski definition) is 2. The van der Waals surface area contributed by atoms with Crippen LogP contribution in [0.5, 0.6) is 0 Å². The molecule has 0 spiro atoms. The molecule has 1 atom stereocenters. The number of aromatic nitrogens is 2. The molecule has 3 rings (SSSR count). The van der Waals surface area contributed by atoms with E-state index in [0.717, 1.165) is 35.4 Å². The molecule has 0 bridgehead atoms. The van der Waals surface area contributed by atoms with Crippen LogP contribution in [0.25, 0.3) is 11.0 Å². The highest BCUT2D eigenvalue weighted by Crippen LogP contribution is 2.18. The third-order valence-corrected chi connectivity index (χ3v) is 3.72. The van der Waals surface area contributed by atoms with Crippen LogP contribution in [0.1, 0.15) is 24.7 Å². The summed E-state index contributed by atoms with van der Waals surface area (Å²) in [6, 6.07) is 17.4. The Morgan fingerprint density at radius 1 is 1.14 bits per heavy atom. The summed E-state index contributed by atoms with van der Waals surface area (Å²) in [5.41, 5.74) is 4.65. The monoisotopic (exact) mass is 279 g/mol.